The SMILES string of the molecule is CCC/C(=N/O)c1cccc(CN2C(=O)N(Cc3cccc(/C(CCC)=N/O)c3)[C@H](Cc3ccccc3)[C@H](O)[C@@H](O)[C@H]2Cc2ccccc2)c1. The van der Waals surface area contributed by atoms with Gasteiger partial charge in [-0.3, -0.25) is 0 Å². The number of hydrogen-bond acceptors (Lipinski definition) is 7. The zero-order valence-corrected chi connectivity index (χ0v) is 28.8. The lowest BCUT2D eigenvalue weighted by atomic mass is 9.90. The van der Waals surface area contributed by atoms with E-state index in [1.165, 1.54) is 0 Å². The fraction of sp³-hybridized carbons (Fsp3) is 0.341. The summed E-state index contributed by atoms with van der Waals surface area (Å²) in [7, 11) is 0. The van der Waals surface area contributed by atoms with E-state index in [9.17, 15) is 20.6 Å². The Balaban J connectivity index is 1.60. The van der Waals surface area contributed by atoms with E-state index in [0.717, 1.165) is 46.2 Å². The number of carbonyl (C=O) groups excluding carboxylic acids is 1. The van der Waals surface area contributed by atoms with Gasteiger partial charge in [0.25, 0.3) is 0 Å². The highest BCUT2D eigenvalue weighted by Crippen LogP contribution is 2.30. The fourth-order valence-electron chi connectivity index (χ4n) is 6.88. The molecule has 4 N–H and O–H groups in total. The average molecular weight is 677 g/mol. The maximum absolute atomic E-state index is 15.1. The molecular weight excluding hydrogens is 628 g/mol. The highest BCUT2D eigenvalue weighted by molar-refractivity contribution is 6.00. The quantitative estimate of drug-likeness (QED) is 0.0648. The third-order valence-electron chi connectivity index (χ3n) is 9.45. The molecule has 4 aromatic rings. The molecule has 262 valence electrons. The Kier molecular flexibility index (Phi) is 12.8. The van der Waals surface area contributed by atoms with Crippen LogP contribution in [0.25, 0.3) is 0 Å². The minimum Gasteiger partial charge on any atom is -0.411 e. The van der Waals surface area contributed by atoms with Crippen LogP contribution >= 0.6 is 0 Å². The molecule has 4 aromatic carbocycles. The van der Waals surface area contributed by atoms with Gasteiger partial charge in [-0.2, -0.15) is 0 Å². The zero-order chi connectivity index (χ0) is 35.5. The third kappa shape index (κ3) is 8.77. The van der Waals surface area contributed by atoms with Crippen LogP contribution in [0.1, 0.15) is 72.9 Å². The number of aliphatic hydroxyl groups is 2. The van der Waals surface area contributed by atoms with E-state index in [0.29, 0.717) is 37.1 Å². The van der Waals surface area contributed by atoms with Crippen LogP contribution in [0, 0.1) is 0 Å². The molecule has 1 fully saturated rings. The molecule has 4 atom stereocenters. The normalized spacial score (nSPS) is 20.2. The molecule has 1 aliphatic heterocycles. The molecule has 50 heavy (non-hydrogen) atoms. The van der Waals surface area contributed by atoms with Crippen LogP contribution in [0.2, 0.25) is 0 Å². The lowest BCUT2D eigenvalue weighted by molar-refractivity contribution is -0.0408. The van der Waals surface area contributed by atoms with E-state index in [-0.39, 0.29) is 19.1 Å². The predicted octanol–water partition coefficient (Wildman–Crippen LogP) is 7.03. The molecule has 0 aliphatic carbocycles. The van der Waals surface area contributed by atoms with Gasteiger partial charge in [0, 0.05) is 13.1 Å². The maximum Gasteiger partial charge on any atom is 0.321 e. The summed E-state index contributed by atoms with van der Waals surface area (Å²) >= 11 is 0. The summed E-state index contributed by atoms with van der Waals surface area (Å²) in [6.07, 6.45) is 0.940. The van der Waals surface area contributed by atoms with Gasteiger partial charge in [0.2, 0.25) is 0 Å². The van der Waals surface area contributed by atoms with E-state index >= 15 is 4.79 Å². The molecule has 1 saturated heterocycles. The first-order valence-corrected chi connectivity index (χ1v) is 17.5. The monoisotopic (exact) mass is 676 g/mol. The minimum absolute atomic E-state index is 0.158. The minimum atomic E-state index is -1.26. The second-order valence-corrected chi connectivity index (χ2v) is 13.0. The summed E-state index contributed by atoms with van der Waals surface area (Å²) < 4.78 is 0. The number of aliphatic hydroxyl groups excluding tert-OH is 2. The Bertz CT molecular complexity index is 1620. The number of urea groups is 1. The number of rotatable bonds is 14. The van der Waals surface area contributed by atoms with Crippen LogP contribution in [-0.2, 0) is 25.9 Å². The van der Waals surface area contributed by atoms with Crippen molar-refractivity contribution in [3.05, 3.63) is 143 Å². The Labute approximate surface area is 294 Å². The molecular formula is C41H48N4O5. The fourth-order valence-corrected chi connectivity index (χ4v) is 6.88. The largest absolute Gasteiger partial charge is 0.411 e. The molecule has 9 nitrogen and oxygen atoms in total. The Hall–Kier alpha value is -4.99. The van der Waals surface area contributed by atoms with Crippen molar-refractivity contribution in [2.75, 3.05) is 0 Å². The molecule has 0 spiro atoms. The van der Waals surface area contributed by atoms with Crippen molar-refractivity contribution in [3.8, 4) is 0 Å². The summed E-state index contributed by atoms with van der Waals surface area (Å²) in [5, 5.41) is 50.7. The molecule has 9 heteroatoms. The van der Waals surface area contributed by atoms with Crippen molar-refractivity contribution in [3.63, 3.8) is 0 Å². The molecule has 0 saturated carbocycles. The van der Waals surface area contributed by atoms with Gasteiger partial charge in [0.05, 0.1) is 23.5 Å². The van der Waals surface area contributed by atoms with Crippen LogP contribution in [0.5, 0.6) is 0 Å². The highest BCUT2D eigenvalue weighted by Gasteiger charge is 2.46. The van der Waals surface area contributed by atoms with Crippen LogP contribution in [0.3, 0.4) is 0 Å². The Morgan fingerprint density at radius 2 is 0.960 bits per heavy atom. The smallest absolute Gasteiger partial charge is 0.321 e. The molecule has 1 heterocycles. The number of nitrogens with zero attached hydrogens (tertiary/aromatic N) is 4. The highest BCUT2D eigenvalue weighted by atomic mass is 16.4. The molecule has 2 amide bonds. The van der Waals surface area contributed by atoms with E-state index in [2.05, 4.69) is 10.3 Å². The van der Waals surface area contributed by atoms with Gasteiger partial charge < -0.3 is 30.4 Å². The molecule has 1 aliphatic rings. The Morgan fingerprint density at radius 1 is 0.580 bits per heavy atom. The van der Waals surface area contributed by atoms with Crippen molar-refractivity contribution in [1.82, 2.24) is 9.80 Å². The van der Waals surface area contributed by atoms with Crippen molar-refractivity contribution in [2.24, 2.45) is 10.3 Å². The summed E-state index contributed by atoms with van der Waals surface area (Å²) in [5.74, 6) is 0. The first-order valence-electron chi connectivity index (χ1n) is 17.5. The summed E-state index contributed by atoms with van der Waals surface area (Å²) in [5.41, 5.74) is 6.12. The van der Waals surface area contributed by atoms with Gasteiger partial charge in [-0.15, -0.1) is 0 Å². The van der Waals surface area contributed by atoms with E-state index in [1.54, 1.807) is 9.80 Å². The van der Waals surface area contributed by atoms with Crippen LogP contribution < -0.4 is 0 Å². The van der Waals surface area contributed by atoms with Crippen molar-refractivity contribution in [2.45, 2.75) is 89.8 Å². The summed E-state index contributed by atoms with van der Waals surface area (Å²) in [4.78, 5) is 18.5. The second-order valence-electron chi connectivity index (χ2n) is 13.0. The van der Waals surface area contributed by atoms with E-state index in [1.807, 2.05) is 123 Å². The van der Waals surface area contributed by atoms with Gasteiger partial charge in [0.15, 0.2) is 0 Å². The predicted molar refractivity (Wildman–Crippen MR) is 196 cm³/mol. The van der Waals surface area contributed by atoms with Gasteiger partial charge >= 0.3 is 6.03 Å². The molecule has 0 aromatic heterocycles. The first kappa shape index (κ1) is 36.3. The number of oxime groups is 2. The van der Waals surface area contributed by atoms with Crippen LogP contribution in [-0.4, -0.2) is 72.2 Å². The molecule has 0 radical (unpaired) electrons. The number of hydrogen-bond donors (Lipinski definition) is 4. The van der Waals surface area contributed by atoms with Gasteiger partial charge in [-0.25, -0.2) is 4.79 Å². The van der Waals surface area contributed by atoms with Gasteiger partial charge in [0.1, 0.15) is 12.2 Å². The molecule has 5 rings (SSSR count). The Morgan fingerprint density at radius 3 is 1.32 bits per heavy atom. The van der Waals surface area contributed by atoms with Crippen LogP contribution in [0.15, 0.2) is 120 Å². The molecule has 0 bridgehead atoms. The van der Waals surface area contributed by atoms with Crippen LogP contribution in [0.4, 0.5) is 4.79 Å². The van der Waals surface area contributed by atoms with E-state index in [4.69, 9.17) is 0 Å². The first-order chi connectivity index (χ1) is 24.4. The van der Waals surface area contributed by atoms with Gasteiger partial charge in [-0.1, -0.05) is 134 Å². The maximum atomic E-state index is 15.1. The topological polar surface area (TPSA) is 129 Å². The third-order valence-corrected chi connectivity index (χ3v) is 9.45. The lowest BCUT2D eigenvalue weighted by Gasteiger charge is -2.36. The number of benzene rings is 4. The second kappa shape index (κ2) is 17.6. The zero-order valence-electron chi connectivity index (χ0n) is 28.8. The van der Waals surface area contributed by atoms with Crippen molar-refractivity contribution < 1.29 is 25.4 Å². The number of carbonyl (C=O) groups is 1. The lowest BCUT2D eigenvalue weighted by Crippen LogP contribution is -2.50. The standard InChI is InChI=1S/C41H48N4O5/c1-3-13-35(42-49)33-21-11-19-31(23-33)27-44-37(25-29-15-7-5-8-16-29)39(46)40(47)38(26-30-17-9-6-10-18-30)45(41(44)48)28-32-20-12-22-34(24-32)36(43-50)14-4-2/h5-12,15-24,37-40,46-47,49-50H,3-4,13-14,25-28H2,1-2H3/b42-35-,43-36+/t37-,38-,39+,40+/m1/s1. The van der Waals surface area contributed by atoms with Crippen molar-refractivity contribution in [1.29, 1.82) is 0 Å². The molecule has 0 unspecified atom stereocenters. The summed E-state index contributed by atoms with van der Waals surface area (Å²) in [6.45, 7) is 4.35. The average Bonchev–Trinajstić information content (AvgIpc) is 3.21. The summed E-state index contributed by atoms with van der Waals surface area (Å²) in [6, 6.07) is 32.8. The number of amides is 2. The van der Waals surface area contributed by atoms with E-state index < -0.39 is 24.3 Å². The van der Waals surface area contributed by atoms with Gasteiger partial charge in [-0.05, 0) is 71.2 Å². The van der Waals surface area contributed by atoms with Crippen molar-refractivity contribution >= 4 is 17.5 Å².